The van der Waals surface area contributed by atoms with E-state index in [0.29, 0.717) is 0 Å². The van der Waals surface area contributed by atoms with Crippen molar-refractivity contribution in [2.24, 2.45) is 0 Å². The molecule has 10 aromatic carbocycles. The number of rotatable bonds is 9. The van der Waals surface area contributed by atoms with Gasteiger partial charge in [0.15, 0.2) is 0 Å². The van der Waals surface area contributed by atoms with E-state index in [9.17, 15) is 0 Å². The van der Waals surface area contributed by atoms with Gasteiger partial charge in [-0.2, -0.15) is 0 Å². The SMILES string of the molecule is CC1(C)c2cc(-c3ccccc3)ccc2-c2ccc(C(CCc3ccc(-c4ccc(-c5ccc6c(c5)oc5ccccc56)cc4)cc3)c3ccc4c(c3)C(C)(C)c3cc(-c5ccccc5)ccc3-4)cc21. The van der Waals surface area contributed by atoms with Gasteiger partial charge in [-0.15, -0.1) is 0 Å². The number of benzene rings is 10. The van der Waals surface area contributed by atoms with E-state index >= 15 is 0 Å². The molecule has 0 saturated carbocycles. The summed E-state index contributed by atoms with van der Waals surface area (Å²) in [5, 5.41) is 2.31. The summed E-state index contributed by atoms with van der Waals surface area (Å²) in [6, 6.07) is 83.7. The highest BCUT2D eigenvalue weighted by Crippen LogP contribution is 2.53. The summed E-state index contributed by atoms with van der Waals surface area (Å²) in [5.41, 5.74) is 26.6. The quantitative estimate of drug-likeness (QED) is 0.141. The van der Waals surface area contributed by atoms with Crippen LogP contribution in [0.15, 0.2) is 229 Å². The molecule has 70 heavy (non-hydrogen) atoms. The monoisotopic (exact) mass is 898 g/mol. The molecule has 0 saturated heterocycles. The maximum absolute atomic E-state index is 6.21. The van der Waals surface area contributed by atoms with Crippen molar-refractivity contribution in [1.82, 2.24) is 0 Å². The zero-order chi connectivity index (χ0) is 47.1. The fourth-order valence-corrected chi connectivity index (χ4v) is 12.0. The van der Waals surface area contributed by atoms with Gasteiger partial charge in [-0.05, 0) is 149 Å². The summed E-state index contributed by atoms with van der Waals surface area (Å²) in [7, 11) is 0. The average Bonchev–Trinajstić information content (AvgIpc) is 3.97. The predicted octanol–water partition coefficient (Wildman–Crippen LogP) is 18.6. The molecule has 11 aromatic rings. The highest BCUT2D eigenvalue weighted by atomic mass is 16.3. The van der Waals surface area contributed by atoms with E-state index in [1.165, 1.54) is 100 Å². The first-order valence-corrected chi connectivity index (χ1v) is 25.0. The van der Waals surface area contributed by atoms with Crippen molar-refractivity contribution in [2.45, 2.75) is 57.3 Å². The van der Waals surface area contributed by atoms with Gasteiger partial charge in [-0.25, -0.2) is 0 Å². The zero-order valence-electron chi connectivity index (χ0n) is 40.3. The van der Waals surface area contributed by atoms with Crippen LogP contribution in [0.5, 0.6) is 0 Å². The second-order valence-corrected chi connectivity index (χ2v) is 20.8. The molecule has 0 amide bonds. The Balaban J connectivity index is 0.815. The summed E-state index contributed by atoms with van der Waals surface area (Å²) >= 11 is 0. The molecule has 0 aliphatic heterocycles. The fourth-order valence-electron chi connectivity index (χ4n) is 12.0. The Hall–Kier alpha value is -8.00. The molecule has 0 bridgehead atoms. The molecule has 2 aliphatic rings. The fraction of sp³-hybridized carbons (Fsp3) is 0.130. The molecule has 1 heteroatoms. The third-order valence-electron chi connectivity index (χ3n) is 16.0. The van der Waals surface area contributed by atoms with Crippen LogP contribution in [-0.4, -0.2) is 0 Å². The van der Waals surface area contributed by atoms with Crippen molar-refractivity contribution in [3.05, 3.63) is 263 Å². The number of hydrogen-bond donors (Lipinski definition) is 0. The molecule has 0 N–H and O–H groups in total. The molecule has 0 unspecified atom stereocenters. The van der Waals surface area contributed by atoms with Gasteiger partial charge in [0.25, 0.3) is 0 Å². The Kier molecular flexibility index (Phi) is 9.82. The first-order chi connectivity index (χ1) is 34.2. The summed E-state index contributed by atoms with van der Waals surface area (Å²) < 4.78 is 6.21. The zero-order valence-corrected chi connectivity index (χ0v) is 40.3. The Morgan fingerprint density at radius 3 is 1.26 bits per heavy atom. The normalized spacial score (nSPS) is 13.9. The third kappa shape index (κ3) is 6.98. The molecule has 1 heterocycles. The number of para-hydroxylation sites is 1. The second kappa shape index (κ2) is 16.3. The van der Waals surface area contributed by atoms with Crippen molar-refractivity contribution in [3.8, 4) is 66.8 Å². The lowest BCUT2D eigenvalue weighted by molar-refractivity contribution is 0.649. The smallest absolute Gasteiger partial charge is 0.136 e. The van der Waals surface area contributed by atoms with Crippen molar-refractivity contribution in [2.75, 3.05) is 0 Å². The largest absolute Gasteiger partial charge is 0.456 e. The molecular formula is C69H54O. The molecule has 13 rings (SSSR count). The van der Waals surface area contributed by atoms with Crippen LogP contribution in [0, 0.1) is 0 Å². The van der Waals surface area contributed by atoms with E-state index in [1.807, 2.05) is 12.1 Å². The Bertz CT molecular complexity index is 3640. The lowest BCUT2D eigenvalue weighted by Gasteiger charge is -2.26. The van der Waals surface area contributed by atoms with Crippen LogP contribution in [0.2, 0.25) is 0 Å². The molecule has 0 radical (unpaired) electrons. The summed E-state index contributed by atoms with van der Waals surface area (Å²) in [6.07, 6.45) is 1.97. The van der Waals surface area contributed by atoms with E-state index in [4.69, 9.17) is 4.42 Å². The van der Waals surface area contributed by atoms with Crippen LogP contribution in [0.1, 0.15) is 79.0 Å². The van der Waals surface area contributed by atoms with Gasteiger partial charge in [-0.3, -0.25) is 0 Å². The number of furan rings is 1. The van der Waals surface area contributed by atoms with Crippen LogP contribution in [0.4, 0.5) is 0 Å². The maximum Gasteiger partial charge on any atom is 0.136 e. The second-order valence-electron chi connectivity index (χ2n) is 20.8. The van der Waals surface area contributed by atoms with Gasteiger partial charge in [0, 0.05) is 27.5 Å². The highest BCUT2D eigenvalue weighted by molar-refractivity contribution is 6.06. The number of fused-ring (bicyclic) bond motifs is 9. The van der Waals surface area contributed by atoms with Crippen molar-refractivity contribution in [1.29, 1.82) is 0 Å². The lowest BCUT2D eigenvalue weighted by atomic mass is 9.77. The van der Waals surface area contributed by atoms with Gasteiger partial charge in [0.05, 0.1) is 0 Å². The van der Waals surface area contributed by atoms with E-state index in [0.717, 1.165) is 40.3 Å². The first kappa shape index (κ1) is 42.1. The summed E-state index contributed by atoms with van der Waals surface area (Å²) in [5.74, 6) is 0.209. The van der Waals surface area contributed by atoms with Gasteiger partial charge >= 0.3 is 0 Å². The average molecular weight is 899 g/mol. The first-order valence-electron chi connectivity index (χ1n) is 25.0. The van der Waals surface area contributed by atoms with Crippen molar-refractivity contribution < 1.29 is 4.42 Å². The summed E-state index contributed by atoms with van der Waals surface area (Å²) in [6.45, 7) is 9.67. The summed E-state index contributed by atoms with van der Waals surface area (Å²) in [4.78, 5) is 0. The van der Waals surface area contributed by atoms with E-state index in [2.05, 4.69) is 240 Å². The molecule has 1 aromatic heterocycles. The molecule has 0 fully saturated rings. The molecule has 1 nitrogen and oxygen atoms in total. The van der Waals surface area contributed by atoms with E-state index < -0.39 is 0 Å². The van der Waals surface area contributed by atoms with Crippen LogP contribution in [-0.2, 0) is 17.3 Å². The van der Waals surface area contributed by atoms with Crippen molar-refractivity contribution >= 4 is 21.9 Å². The van der Waals surface area contributed by atoms with Crippen LogP contribution in [0.25, 0.3) is 88.7 Å². The van der Waals surface area contributed by atoms with Crippen molar-refractivity contribution in [3.63, 3.8) is 0 Å². The minimum atomic E-state index is -0.135. The Labute approximate surface area is 411 Å². The maximum atomic E-state index is 6.21. The molecule has 0 atom stereocenters. The molecule has 2 aliphatic carbocycles. The highest BCUT2D eigenvalue weighted by Gasteiger charge is 2.38. The van der Waals surface area contributed by atoms with E-state index in [-0.39, 0.29) is 16.7 Å². The third-order valence-corrected chi connectivity index (χ3v) is 16.0. The van der Waals surface area contributed by atoms with Gasteiger partial charge in [-0.1, -0.05) is 222 Å². The van der Waals surface area contributed by atoms with Crippen LogP contribution < -0.4 is 0 Å². The number of hydrogen-bond acceptors (Lipinski definition) is 1. The minimum absolute atomic E-state index is 0.135. The Morgan fingerprint density at radius 1 is 0.329 bits per heavy atom. The molecule has 0 spiro atoms. The minimum Gasteiger partial charge on any atom is -0.456 e. The lowest BCUT2D eigenvalue weighted by Crippen LogP contribution is -2.17. The van der Waals surface area contributed by atoms with E-state index in [1.54, 1.807) is 0 Å². The molecular weight excluding hydrogens is 845 g/mol. The van der Waals surface area contributed by atoms with Crippen LogP contribution in [0.3, 0.4) is 0 Å². The van der Waals surface area contributed by atoms with Crippen LogP contribution >= 0.6 is 0 Å². The standard InChI is InChI=1S/C69H54O/c1-68(2)62-39-50(45-13-7-5-8-14-45)28-34-56(62)58-36-31-53(41-64(58)68)55(54-32-37-59-57-35-29-51(46-15-9-6-10-16-46)40-63(57)69(3,4)65(59)42-54)33-21-44-19-22-47(23-20-44)48-24-26-49(27-25-48)52-30-38-61-60-17-11-12-18-66(60)70-67(61)43-52/h5-20,22-32,34-43,55H,21,33H2,1-4H3. The molecule has 336 valence electrons. The van der Waals surface area contributed by atoms with Gasteiger partial charge in [0.1, 0.15) is 11.2 Å². The topological polar surface area (TPSA) is 13.1 Å². The Morgan fingerprint density at radius 2 is 0.714 bits per heavy atom. The number of aryl methyl sites for hydroxylation is 1. The van der Waals surface area contributed by atoms with Gasteiger partial charge < -0.3 is 4.42 Å². The predicted molar refractivity (Wildman–Crippen MR) is 294 cm³/mol. The van der Waals surface area contributed by atoms with Gasteiger partial charge in [0.2, 0.25) is 0 Å².